The third-order valence-electron chi connectivity index (χ3n) is 3.54. The monoisotopic (exact) mass is 439 g/mol. The van der Waals surface area contributed by atoms with E-state index >= 15 is 0 Å². The lowest BCUT2D eigenvalue weighted by molar-refractivity contribution is -0.385. The topological polar surface area (TPSA) is 78.7 Å². The highest BCUT2D eigenvalue weighted by Gasteiger charge is 2.58. The number of esters is 1. The standard InChI is InChI=1S/C17H11ClF5NO5/c1-2-28-15(25)11-8-10(4-5-13(11)24(26)27)29-14-6-3-9(7-12(14)18)16(19,20)17(21,22)23/h3-8H,2H2,1H3. The Morgan fingerprint density at radius 1 is 1.14 bits per heavy atom. The number of ether oxygens (including phenoxy) is 2. The van der Waals surface area contributed by atoms with Crippen LogP contribution in [0, 0.1) is 10.1 Å². The van der Waals surface area contributed by atoms with Gasteiger partial charge < -0.3 is 9.47 Å². The second-order valence-electron chi connectivity index (χ2n) is 5.48. The quantitative estimate of drug-likeness (QED) is 0.243. The summed E-state index contributed by atoms with van der Waals surface area (Å²) in [7, 11) is 0. The van der Waals surface area contributed by atoms with Crippen LogP contribution in [0.2, 0.25) is 5.02 Å². The Labute approximate surface area is 164 Å². The van der Waals surface area contributed by atoms with Gasteiger partial charge in [0.05, 0.1) is 16.6 Å². The minimum atomic E-state index is -5.81. The Bertz CT molecular complexity index is 948. The van der Waals surface area contributed by atoms with Gasteiger partial charge in [0.15, 0.2) is 0 Å². The Morgan fingerprint density at radius 3 is 2.31 bits per heavy atom. The molecule has 0 aliphatic rings. The SMILES string of the molecule is CCOC(=O)c1cc(Oc2ccc(C(F)(F)C(F)(F)F)cc2Cl)ccc1[N+](=O)[O-]. The fourth-order valence-corrected chi connectivity index (χ4v) is 2.40. The number of carbonyl (C=O) groups is 1. The molecule has 2 aromatic rings. The molecule has 0 aliphatic carbocycles. The largest absolute Gasteiger partial charge is 0.462 e. The molecule has 0 unspecified atom stereocenters. The van der Waals surface area contributed by atoms with Crippen molar-refractivity contribution in [3.63, 3.8) is 0 Å². The molecule has 0 atom stereocenters. The van der Waals surface area contributed by atoms with Crippen molar-refractivity contribution in [1.29, 1.82) is 0 Å². The van der Waals surface area contributed by atoms with Crippen LogP contribution in [-0.4, -0.2) is 23.7 Å². The van der Waals surface area contributed by atoms with Gasteiger partial charge in [-0.15, -0.1) is 0 Å². The number of benzene rings is 2. The third-order valence-corrected chi connectivity index (χ3v) is 3.83. The smallest absolute Gasteiger partial charge is 0.458 e. The van der Waals surface area contributed by atoms with Crippen molar-refractivity contribution in [2.24, 2.45) is 0 Å². The molecule has 0 fully saturated rings. The molecule has 2 rings (SSSR count). The van der Waals surface area contributed by atoms with Gasteiger partial charge in [0, 0.05) is 17.7 Å². The number of nitrogens with zero attached hydrogens (tertiary/aromatic N) is 1. The Balaban J connectivity index is 2.38. The summed E-state index contributed by atoms with van der Waals surface area (Å²) in [6.45, 7) is 1.43. The van der Waals surface area contributed by atoms with E-state index < -0.39 is 44.8 Å². The lowest BCUT2D eigenvalue weighted by atomic mass is 10.1. The number of carbonyl (C=O) groups excluding carboxylic acids is 1. The number of nitro groups is 1. The number of hydrogen-bond acceptors (Lipinski definition) is 5. The van der Waals surface area contributed by atoms with E-state index in [-0.39, 0.29) is 18.1 Å². The zero-order valence-electron chi connectivity index (χ0n) is 14.4. The molecule has 29 heavy (non-hydrogen) atoms. The first kappa shape index (κ1) is 22.3. The molecule has 0 saturated carbocycles. The van der Waals surface area contributed by atoms with Gasteiger partial charge in [0.25, 0.3) is 5.69 Å². The normalized spacial score (nSPS) is 11.8. The number of alkyl halides is 5. The highest BCUT2D eigenvalue weighted by atomic mass is 35.5. The van der Waals surface area contributed by atoms with Gasteiger partial charge in [-0.1, -0.05) is 11.6 Å². The van der Waals surface area contributed by atoms with E-state index in [0.29, 0.717) is 12.1 Å². The van der Waals surface area contributed by atoms with Crippen molar-refractivity contribution in [3.8, 4) is 11.5 Å². The van der Waals surface area contributed by atoms with Crippen molar-refractivity contribution < 1.29 is 41.1 Å². The van der Waals surface area contributed by atoms with Gasteiger partial charge >= 0.3 is 18.1 Å². The second-order valence-corrected chi connectivity index (χ2v) is 5.88. The molecular weight excluding hydrogens is 429 g/mol. The number of halogens is 6. The van der Waals surface area contributed by atoms with Crippen molar-refractivity contribution in [2.45, 2.75) is 19.0 Å². The number of rotatable bonds is 6. The summed E-state index contributed by atoms with van der Waals surface area (Å²) in [6.07, 6.45) is -5.81. The highest BCUT2D eigenvalue weighted by molar-refractivity contribution is 6.32. The minimum absolute atomic E-state index is 0.0538. The summed E-state index contributed by atoms with van der Waals surface area (Å²) in [5, 5.41) is 10.5. The molecule has 0 heterocycles. The average molecular weight is 440 g/mol. The Hall–Kier alpha value is -2.95. The van der Waals surface area contributed by atoms with E-state index in [4.69, 9.17) is 21.1 Å². The van der Waals surface area contributed by atoms with E-state index in [0.717, 1.165) is 24.3 Å². The molecule has 0 N–H and O–H groups in total. The van der Waals surface area contributed by atoms with E-state index in [1.165, 1.54) is 6.92 Å². The van der Waals surface area contributed by atoms with Crippen molar-refractivity contribution in [3.05, 3.63) is 62.7 Å². The van der Waals surface area contributed by atoms with E-state index in [9.17, 15) is 36.9 Å². The number of hydrogen-bond donors (Lipinski definition) is 0. The maximum absolute atomic E-state index is 13.4. The van der Waals surface area contributed by atoms with E-state index in [1.54, 1.807) is 0 Å². The van der Waals surface area contributed by atoms with Crippen LogP contribution in [0.4, 0.5) is 27.6 Å². The third kappa shape index (κ3) is 4.73. The lowest BCUT2D eigenvalue weighted by Gasteiger charge is -2.20. The summed E-state index contributed by atoms with van der Waals surface area (Å²) in [4.78, 5) is 22.1. The first-order valence-electron chi connectivity index (χ1n) is 7.76. The highest BCUT2D eigenvalue weighted by Crippen LogP contribution is 2.45. The van der Waals surface area contributed by atoms with Crippen LogP contribution in [0.25, 0.3) is 0 Å². The van der Waals surface area contributed by atoms with Gasteiger partial charge in [-0.2, -0.15) is 22.0 Å². The zero-order valence-corrected chi connectivity index (χ0v) is 15.2. The molecule has 0 saturated heterocycles. The summed E-state index contributed by atoms with van der Waals surface area (Å²) in [6, 6.07) is 4.65. The first-order chi connectivity index (χ1) is 13.4. The molecule has 0 radical (unpaired) electrons. The predicted molar refractivity (Wildman–Crippen MR) is 90.5 cm³/mol. The van der Waals surface area contributed by atoms with Crippen LogP contribution in [0.5, 0.6) is 11.5 Å². The van der Waals surface area contributed by atoms with Crippen molar-refractivity contribution in [2.75, 3.05) is 6.61 Å². The van der Waals surface area contributed by atoms with Crippen LogP contribution >= 0.6 is 11.6 Å². The molecule has 2 aromatic carbocycles. The average Bonchev–Trinajstić information content (AvgIpc) is 2.62. The number of nitro benzene ring substituents is 1. The summed E-state index contributed by atoms with van der Waals surface area (Å²) < 4.78 is 74.2. The summed E-state index contributed by atoms with van der Waals surface area (Å²) >= 11 is 5.74. The molecule has 6 nitrogen and oxygen atoms in total. The molecule has 0 bridgehead atoms. The van der Waals surface area contributed by atoms with Crippen LogP contribution in [0.1, 0.15) is 22.8 Å². The zero-order chi connectivity index (χ0) is 22.0. The molecular formula is C17H11ClF5NO5. The van der Waals surface area contributed by atoms with Gasteiger partial charge in [-0.3, -0.25) is 10.1 Å². The van der Waals surface area contributed by atoms with Crippen LogP contribution in [0.3, 0.4) is 0 Å². The molecule has 12 heteroatoms. The fraction of sp³-hybridized carbons (Fsp3) is 0.235. The lowest BCUT2D eigenvalue weighted by Crippen LogP contribution is -2.33. The molecule has 0 aromatic heterocycles. The van der Waals surface area contributed by atoms with E-state index in [2.05, 4.69) is 0 Å². The van der Waals surface area contributed by atoms with Crippen LogP contribution in [-0.2, 0) is 10.7 Å². The molecule has 0 amide bonds. The summed E-state index contributed by atoms with van der Waals surface area (Å²) in [5.74, 6) is -6.59. The van der Waals surface area contributed by atoms with Gasteiger partial charge in [-0.05, 0) is 31.2 Å². The van der Waals surface area contributed by atoms with Crippen LogP contribution < -0.4 is 4.74 Å². The Morgan fingerprint density at radius 2 is 1.79 bits per heavy atom. The van der Waals surface area contributed by atoms with E-state index in [1.807, 2.05) is 0 Å². The Kier molecular flexibility index (Phi) is 6.31. The van der Waals surface area contributed by atoms with Crippen molar-refractivity contribution >= 4 is 23.3 Å². The maximum atomic E-state index is 13.4. The first-order valence-corrected chi connectivity index (χ1v) is 8.14. The molecule has 0 spiro atoms. The predicted octanol–water partition coefficient (Wildman–Crippen LogP) is 5.87. The van der Waals surface area contributed by atoms with Crippen LogP contribution in [0.15, 0.2) is 36.4 Å². The summed E-state index contributed by atoms with van der Waals surface area (Å²) in [5.41, 5.74) is -2.40. The second kappa shape index (κ2) is 8.19. The minimum Gasteiger partial charge on any atom is -0.462 e. The fourth-order valence-electron chi connectivity index (χ4n) is 2.18. The van der Waals surface area contributed by atoms with Gasteiger partial charge in [0.1, 0.15) is 17.1 Å². The molecule has 156 valence electrons. The molecule has 0 aliphatic heterocycles. The van der Waals surface area contributed by atoms with Gasteiger partial charge in [-0.25, -0.2) is 4.79 Å². The van der Waals surface area contributed by atoms with Gasteiger partial charge in [0.2, 0.25) is 0 Å². The maximum Gasteiger partial charge on any atom is 0.458 e. The van der Waals surface area contributed by atoms with Crippen molar-refractivity contribution in [1.82, 2.24) is 0 Å².